The number of hydrogen-bond acceptors (Lipinski definition) is 3. The van der Waals surface area contributed by atoms with E-state index in [-0.39, 0.29) is 5.69 Å². The van der Waals surface area contributed by atoms with E-state index in [0.29, 0.717) is 5.75 Å². The lowest BCUT2D eigenvalue weighted by Crippen LogP contribution is -2.02. The average Bonchev–Trinajstić information content (AvgIpc) is 2.08. The molecule has 70 valence electrons. The predicted molar refractivity (Wildman–Crippen MR) is 53.7 cm³/mol. The van der Waals surface area contributed by atoms with Crippen LogP contribution >= 0.6 is 9.24 Å². The van der Waals surface area contributed by atoms with E-state index in [1.54, 1.807) is 6.07 Å². The van der Waals surface area contributed by atoms with Crippen LogP contribution in [0.4, 0.5) is 5.69 Å². The second-order valence-corrected chi connectivity index (χ2v) is 3.26. The number of rotatable bonds is 2. The molecule has 0 saturated carbocycles. The maximum absolute atomic E-state index is 10.6. The first-order valence-electron chi connectivity index (χ1n) is 3.64. The largest absolute Gasteiger partial charge is 0.490 e. The van der Waals surface area contributed by atoms with Gasteiger partial charge in [0.2, 0.25) is 0 Å². The van der Waals surface area contributed by atoms with Gasteiger partial charge in [0, 0.05) is 6.07 Å². The first-order chi connectivity index (χ1) is 6.06. The van der Waals surface area contributed by atoms with Crippen LogP contribution in [0.5, 0.6) is 5.75 Å². The lowest BCUT2D eigenvalue weighted by molar-refractivity contribution is -0.385. The van der Waals surface area contributed by atoms with Crippen molar-refractivity contribution in [3.63, 3.8) is 0 Å². The molecule has 0 aliphatic carbocycles. The van der Waals surface area contributed by atoms with E-state index in [2.05, 4.69) is 9.24 Å². The molecule has 1 rings (SSSR count). The van der Waals surface area contributed by atoms with E-state index in [4.69, 9.17) is 4.74 Å². The molecule has 0 aromatic heterocycles. The molecule has 0 heterocycles. The molecular formula is C8H10NO3P. The SMILES string of the molecule is COc1cc(C)c(P)cc1[N+](=O)[O-]. The van der Waals surface area contributed by atoms with Crippen molar-refractivity contribution < 1.29 is 9.66 Å². The van der Waals surface area contributed by atoms with E-state index in [1.165, 1.54) is 13.2 Å². The van der Waals surface area contributed by atoms with Crippen LogP contribution < -0.4 is 10.0 Å². The minimum absolute atomic E-state index is 0.00176. The van der Waals surface area contributed by atoms with Crippen LogP contribution in [-0.2, 0) is 0 Å². The summed E-state index contributed by atoms with van der Waals surface area (Å²) in [5.74, 6) is 0.300. The fraction of sp³-hybridized carbons (Fsp3) is 0.250. The summed E-state index contributed by atoms with van der Waals surface area (Å²) in [5.41, 5.74) is 0.950. The van der Waals surface area contributed by atoms with Gasteiger partial charge in [-0.1, -0.05) is 0 Å². The molecule has 13 heavy (non-hydrogen) atoms. The number of nitrogens with zero attached hydrogens (tertiary/aromatic N) is 1. The van der Waals surface area contributed by atoms with Crippen molar-refractivity contribution in [3.8, 4) is 5.75 Å². The average molecular weight is 199 g/mol. The third kappa shape index (κ3) is 1.95. The summed E-state index contributed by atoms with van der Waals surface area (Å²) in [6.45, 7) is 1.87. The zero-order valence-electron chi connectivity index (χ0n) is 7.40. The van der Waals surface area contributed by atoms with Crippen LogP contribution in [-0.4, -0.2) is 12.0 Å². The van der Waals surface area contributed by atoms with Gasteiger partial charge >= 0.3 is 5.69 Å². The van der Waals surface area contributed by atoms with Crippen molar-refractivity contribution in [1.82, 2.24) is 0 Å². The molecule has 0 aliphatic rings. The van der Waals surface area contributed by atoms with Crippen LogP contribution in [0.15, 0.2) is 12.1 Å². The van der Waals surface area contributed by atoms with Crippen molar-refractivity contribution in [2.24, 2.45) is 0 Å². The number of hydrogen-bond donors (Lipinski definition) is 0. The Balaban J connectivity index is 3.33. The summed E-state index contributed by atoms with van der Waals surface area (Å²) in [6, 6.07) is 3.14. The number of aryl methyl sites for hydroxylation is 1. The van der Waals surface area contributed by atoms with Gasteiger partial charge in [0.15, 0.2) is 5.75 Å². The van der Waals surface area contributed by atoms with Crippen LogP contribution in [0.1, 0.15) is 5.56 Å². The smallest absolute Gasteiger partial charge is 0.311 e. The topological polar surface area (TPSA) is 52.4 Å². The lowest BCUT2D eigenvalue weighted by Gasteiger charge is -2.04. The normalized spacial score (nSPS) is 9.77. The van der Waals surface area contributed by atoms with Gasteiger partial charge in [-0.2, -0.15) is 0 Å². The van der Waals surface area contributed by atoms with Crippen LogP contribution in [0, 0.1) is 17.0 Å². The van der Waals surface area contributed by atoms with Gasteiger partial charge in [-0.25, -0.2) is 0 Å². The number of nitro benzene ring substituents is 1. The molecule has 1 aromatic rings. The zero-order valence-corrected chi connectivity index (χ0v) is 8.56. The molecule has 0 fully saturated rings. The second-order valence-electron chi connectivity index (χ2n) is 2.64. The molecule has 5 heteroatoms. The zero-order chi connectivity index (χ0) is 10.0. The van der Waals surface area contributed by atoms with Crippen molar-refractivity contribution in [2.75, 3.05) is 7.11 Å². The van der Waals surface area contributed by atoms with Gasteiger partial charge in [0.05, 0.1) is 12.0 Å². The Morgan fingerprint density at radius 2 is 2.15 bits per heavy atom. The third-order valence-corrected chi connectivity index (χ3v) is 2.39. The highest BCUT2D eigenvalue weighted by atomic mass is 31.0. The molecule has 4 nitrogen and oxygen atoms in total. The van der Waals surface area contributed by atoms with Crippen LogP contribution in [0.25, 0.3) is 0 Å². The molecule has 0 spiro atoms. The third-order valence-electron chi connectivity index (χ3n) is 1.76. The standard InChI is InChI=1S/C8H10NO3P/c1-5-3-7(12-2)6(9(10)11)4-8(5)13/h3-4H,13H2,1-2H3. The first kappa shape index (κ1) is 9.93. The Labute approximate surface area is 78.3 Å². The highest BCUT2D eigenvalue weighted by molar-refractivity contribution is 7.27. The van der Waals surface area contributed by atoms with Gasteiger partial charge in [-0.3, -0.25) is 10.1 Å². The molecule has 1 unspecified atom stereocenters. The molecule has 1 aromatic carbocycles. The molecule has 0 radical (unpaired) electrons. The highest BCUT2D eigenvalue weighted by Gasteiger charge is 2.15. The Bertz CT molecular complexity index is 351. The maximum atomic E-state index is 10.6. The molecule has 0 N–H and O–H groups in total. The van der Waals surface area contributed by atoms with E-state index in [0.717, 1.165) is 10.9 Å². The van der Waals surface area contributed by atoms with Crippen molar-refractivity contribution in [3.05, 3.63) is 27.8 Å². The molecule has 0 saturated heterocycles. The summed E-state index contributed by atoms with van der Waals surface area (Å²) in [6.07, 6.45) is 0. The van der Waals surface area contributed by atoms with Crippen LogP contribution in [0.2, 0.25) is 0 Å². The predicted octanol–water partition coefficient (Wildman–Crippen LogP) is 1.41. The second kappa shape index (κ2) is 3.71. The molecular weight excluding hydrogens is 189 g/mol. The summed E-state index contributed by atoms with van der Waals surface area (Å²) in [5, 5.41) is 11.4. The van der Waals surface area contributed by atoms with Crippen molar-refractivity contribution in [2.45, 2.75) is 6.92 Å². The lowest BCUT2D eigenvalue weighted by atomic mass is 10.2. The highest BCUT2D eigenvalue weighted by Crippen LogP contribution is 2.26. The van der Waals surface area contributed by atoms with Gasteiger partial charge in [0.25, 0.3) is 0 Å². The monoisotopic (exact) mass is 199 g/mol. The fourth-order valence-electron chi connectivity index (χ4n) is 0.992. The summed E-state index contributed by atoms with van der Waals surface area (Å²) in [4.78, 5) is 10.1. The number of benzene rings is 1. The minimum Gasteiger partial charge on any atom is -0.490 e. The van der Waals surface area contributed by atoms with Gasteiger partial charge in [-0.05, 0) is 23.9 Å². The van der Waals surface area contributed by atoms with E-state index < -0.39 is 4.92 Å². The summed E-state index contributed by atoms with van der Waals surface area (Å²) >= 11 is 0. The Hall–Kier alpha value is -1.15. The molecule has 0 aliphatic heterocycles. The molecule has 1 atom stereocenters. The van der Waals surface area contributed by atoms with Crippen molar-refractivity contribution in [1.29, 1.82) is 0 Å². The van der Waals surface area contributed by atoms with E-state index in [9.17, 15) is 10.1 Å². The van der Waals surface area contributed by atoms with Gasteiger partial charge in [0.1, 0.15) is 0 Å². The number of methoxy groups -OCH3 is 1. The van der Waals surface area contributed by atoms with Crippen molar-refractivity contribution >= 4 is 20.2 Å². The van der Waals surface area contributed by atoms with Gasteiger partial charge < -0.3 is 4.74 Å². The quantitative estimate of drug-likeness (QED) is 0.411. The molecule has 0 bridgehead atoms. The van der Waals surface area contributed by atoms with Gasteiger partial charge in [-0.15, -0.1) is 9.24 Å². The summed E-state index contributed by atoms with van der Waals surface area (Å²) in [7, 11) is 3.87. The fourth-order valence-corrected chi connectivity index (χ4v) is 1.23. The number of ether oxygens (including phenoxy) is 1. The molecule has 0 amide bonds. The maximum Gasteiger partial charge on any atom is 0.311 e. The van der Waals surface area contributed by atoms with E-state index in [1.807, 2.05) is 6.92 Å². The Morgan fingerprint density at radius 3 is 2.62 bits per heavy atom. The van der Waals surface area contributed by atoms with Crippen LogP contribution in [0.3, 0.4) is 0 Å². The van der Waals surface area contributed by atoms with E-state index >= 15 is 0 Å². The summed E-state index contributed by atoms with van der Waals surface area (Å²) < 4.78 is 4.89. The minimum atomic E-state index is -0.453. The first-order valence-corrected chi connectivity index (χ1v) is 4.22. The number of nitro groups is 1. The Kier molecular flexibility index (Phi) is 2.83. The Morgan fingerprint density at radius 1 is 1.54 bits per heavy atom.